The number of carbonyl (C=O) groups excluding carboxylic acids is 2. The first-order chi connectivity index (χ1) is 9.49. The van der Waals surface area contributed by atoms with Gasteiger partial charge in [-0.1, -0.05) is 6.92 Å². The molecule has 1 rings (SSSR count). The summed E-state index contributed by atoms with van der Waals surface area (Å²) < 4.78 is 6.66. The van der Waals surface area contributed by atoms with Gasteiger partial charge < -0.3 is 14.6 Å². The lowest BCUT2D eigenvalue weighted by atomic mass is 10.1. The molecule has 0 radical (unpaired) electrons. The molecule has 0 aliphatic rings. The van der Waals surface area contributed by atoms with E-state index in [0.717, 1.165) is 18.7 Å². The topological polar surface area (TPSA) is 60.3 Å². The fraction of sp³-hybridized carbons (Fsp3) is 0.600. The van der Waals surface area contributed by atoms with Crippen LogP contribution in [0.15, 0.2) is 0 Å². The number of esters is 1. The fourth-order valence-corrected chi connectivity index (χ4v) is 2.53. The summed E-state index contributed by atoms with van der Waals surface area (Å²) in [7, 11) is 1.36. The number of hydrogen-bond donors (Lipinski definition) is 1. The molecule has 0 amide bonds. The number of rotatable bonds is 7. The molecule has 0 aliphatic heterocycles. The van der Waals surface area contributed by atoms with E-state index in [1.54, 1.807) is 6.92 Å². The van der Waals surface area contributed by atoms with E-state index in [9.17, 15) is 9.59 Å². The molecule has 112 valence electrons. The average Bonchev–Trinajstić information content (AvgIpc) is 2.68. The van der Waals surface area contributed by atoms with Gasteiger partial charge in [0.2, 0.25) is 0 Å². The summed E-state index contributed by atoms with van der Waals surface area (Å²) in [5.41, 5.74) is 2.65. The molecular weight excluding hydrogens is 256 g/mol. The largest absolute Gasteiger partial charge is 0.464 e. The summed E-state index contributed by atoms with van der Waals surface area (Å²) in [6, 6.07) is 0. The molecule has 5 heteroatoms. The van der Waals surface area contributed by atoms with Crippen LogP contribution in [0.2, 0.25) is 0 Å². The summed E-state index contributed by atoms with van der Waals surface area (Å²) in [5, 5.41) is 3.10. The van der Waals surface area contributed by atoms with Crippen molar-refractivity contribution in [1.82, 2.24) is 9.88 Å². The zero-order valence-electron chi connectivity index (χ0n) is 13.0. The molecule has 1 heterocycles. The minimum atomic E-state index is -0.395. The number of methoxy groups -OCH3 is 1. The normalized spacial score (nSPS) is 10.7. The zero-order chi connectivity index (χ0) is 15.3. The maximum absolute atomic E-state index is 12.3. The lowest BCUT2D eigenvalue weighted by Crippen LogP contribution is -2.24. The Morgan fingerprint density at radius 2 is 1.90 bits per heavy atom. The molecule has 0 unspecified atom stereocenters. The number of ether oxygens (including phenoxy) is 1. The highest BCUT2D eigenvalue weighted by Gasteiger charge is 2.25. The Morgan fingerprint density at radius 3 is 2.40 bits per heavy atom. The van der Waals surface area contributed by atoms with Gasteiger partial charge in [-0.05, 0) is 39.3 Å². The van der Waals surface area contributed by atoms with Gasteiger partial charge in [-0.15, -0.1) is 0 Å². The van der Waals surface area contributed by atoms with Gasteiger partial charge in [0.15, 0.2) is 5.78 Å². The van der Waals surface area contributed by atoms with Crippen LogP contribution >= 0.6 is 0 Å². The smallest absolute Gasteiger partial charge is 0.354 e. The fourth-order valence-electron chi connectivity index (χ4n) is 2.53. The van der Waals surface area contributed by atoms with Crippen LogP contribution in [-0.4, -0.2) is 36.5 Å². The van der Waals surface area contributed by atoms with Gasteiger partial charge in [0, 0.05) is 17.8 Å². The third-order valence-corrected chi connectivity index (χ3v) is 3.45. The monoisotopic (exact) mass is 280 g/mol. The van der Waals surface area contributed by atoms with Crippen molar-refractivity contribution in [3.63, 3.8) is 0 Å². The van der Waals surface area contributed by atoms with Crippen molar-refractivity contribution in [2.24, 2.45) is 0 Å². The van der Waals surface area contributed by atoms with Crippen LogP contribution in [0.4, 0.5) is 0 Å². The Labute approximate surface area is 120 Å². The first kappa shape index (κ1) is 16.4. The predicted octanol–water partition coefficient (Wildman–Crippen LogP) is 2.09. The summed E-state index contributed by atoms with van der Waals surface area (Å²) in [6.07, 6.45) is 0.981. The zero-order valence-corrected chi connectivity index (χ0v) is 13.0. The maximum Gasteiger partial charge on any atom is 0.354 e. The van der Waals surface area contributed by atoms with Gasteiger partial charge in [-0.2, -0.15) is 0 Å². The number of nitrogens with zero attached hydrogens (tertiary/aromatic N) is 1. The lowest BCUT2D eigenvalue weighted by molar-refractivity contribution is 0.0587. The molecule has 1 aromatic rings. The van der Waals surface area contributed by atoms with Gasteiger partial charge in [0.1, 0.15) is 5.69 Å². The minimum Gasteiger partial charge on any atom is -0.464 e. The van der Waals surface area contributed by atoms with Gasteiger partial charge in [0.05, 0.1) is 13.7 Å². The highest BCUT2D eigenvalue weighted by atomic mass is 16.5. The molecule has 20 heavy (non-hydrogen) atoms. The van der Waals surface area contributed by atoms with Crippen molar-refractivity contribution in [2.75, 3.05) is 20.2 Å². The quantitative estimate of drug-likeness (QED) is 0.472. The van der Waals surface area contributed by atoms with Crippen LogP contribution in [0.5, 0.6) is 0 Å². The highest BCUT2D eigenvalue weighted by Crippen LogP contribution is 2.23. The van der Waals surface area contributed by atoms with Crippen molar-refractivity contribution in [2.45, 2.75) is 40.7 Å². The molecule has 0 fully saturated rings. The molecule has 0 spiro atoms. The van der Waals surface area contributed by atoms with E-state index in [2.05, 4.69) is 12.2 Å². The standard InChI is InChI=1S/C15H24N2O3/c1-6-8-16-9-12(18)13-10(3)14(15(19)20-5)17(7-2)11(13)4/h16H,6-9H2,1-5H3. The van der Waals surface area contributed by atoms with Crippen molar-refractivity contribution in [1.29, 1.82) is 0 Å². The minimum absolute atomic E-state index is 0.0193. The first-order valence-corrected chi connectivity index (χ1v) is 7.01. The molecule has 0 aromatic carbocycles. The Kier molecular flexibility index (Phi) is 5.95. The summed E-state index contributed by atoms with van der Waals surface area (Å²) in [5.74, 6) is -0.376. The third kappa shape index (κ3) is 3.10. The number of ketones is 1. The van der Waals surface area contributed by atoms with Crippen LogP contribution in [0.25, 0.3) is 0 Å². The van der Waals surface area contributed by atoms with E-state index in [1.165, 1.54) is 7.11 Å². The van der Waals surface area contributed by atoms with Gasteiger partial charge >= 0.3 is 5.97 Å². The molecule has 0 saturated heterocycles. The Hall–Kier alpha value is -1.62. The molecule has 0 saturated carbocycles. The lowest BCUT2D eigenvalue weighted by Gasteiger charge is -2.07. The highest BCUT2D eigenvalue weighted by molar-refractivity contribution is 6.03. The number of aromatic nitrogens is 1. The number of hydrogen-bond acceptors (Lipinski definition) is 4. The summed E-state index contributed by atoms with van der Waals surface area (Å²) >= 11 is 0. The van der Waals surface area contributed by atoms with Gasteiger partial charge in [0.25, 0.3) is 0 Å². The van der Waals surface area contributed by atoms with Crippen LogP contribution < -0.4 is 5.32 Å². The molecule has 0 atom stereocenters. The van der Waals surface area contributed by atoms with Crippen LogP contribution in [0, 0.1) is 13.8 Å². The third-order valence-electron chi connectivity index (χ3n) is 3.45. The van der Waals surface area contributed by atoms with E-state index < -0.39 is 5.97 Å². The van der Waals surface area contributed by atoms with E-state index in [1.807, 2.05) is 18.4 Å². The second-order valence-electron chi connectivity index (χ2n) is 4.77. The Balaban J connectivity index is 3.17. The number of Topliss-reactive ketones (excluding diaryl/α,β-unsaturated/α-hetero) is 1. The second-order valence-corrected chi connectivity index (χ2v) is 4.77. The van der Waals surface area contributed by atoms with Gasteiger partial charge in [-0.3, -0.25) is 4.79 Å². The Morgan fingerprint density at radius 1 is 1.25 bits per heavy atom. The van der Waals surface area contributed by atoms with Crippen molar-refractivity contribution < 1.29 is 14.3 Å². The van der Waals surface area contributed by atoms with Crippen molar-refractivity contribution >= 4 is 11.8 Å². The summed E-state index contributed by atoms with van der Waals surface area (Å²) in [4.78, 5) is 24.2. The summed E-state index contributed by atoms with van der Waals surface area (Å²) in [6.45, 7) is 9.41. The second kappa shape index (κ2) is 7.24. The van der Waals surface area contributed by atoms with E-state index in [0.29, 0.717) is 29.9 Å². The van der Waals surface area contributed by atoms with Gasteiger partial charge in [-0.25, -0.2) is 4.79 Å². The van der Waals surface area contributed by atoms with E-state index in [-0.39, 0.29) is 5.78 Å². The predicted molar refractivity (Wildman–Crippen MR) is 78.4 cm³/mol. The van der Waals surface area contributed by atoms with Crippen molar-refractivity contribution in [3.8, 4) is 0 Å². The van der Waals surface area contributed by atoms with Crippen LogP contribution in [-0.2, 0) is 11.3 Å². The molecule has 1 aromatic heterocycles. The SMILES string of the molecule is CCCNCC(=O)c1c(C)c(C(=O)OC)n(CC)c1C. The molecule has 0 bridgehead atoms. The molecule has 0 aliphatic carbocycles. The first-order valence-electron chi connectivity index (χ1n) is 7.01. The number of nitrogens with one attached hydrogen (secondary N) is 1. The molecular formula is C15H24N2O3. The van der Waals surface area contributed by atoms with E-state index in [4.69, 9.17) is 4.74 Å². The Bertz CT molecular complexity index is 504. The molecule has 1 N–H and O–H groups in total. The average molecular weight is 280 g/mol. The van der Waals surface area contributed by atoms with Crippen molar-refractivity contribution in [3.05, 3.63) is 22.5 Å². The van der Waals surface area contributed by atoms with E-state index >= 15 is 0 Å². The number of carbonyl (C=O) groups is 2. The molecule has 5 nitrogen and oxygen atoms in total. The van der Waals surface area contributed by atoms with Crippen LogP contribution in [0.3, 0.4) is 0 Å². The maximum atomic E-state index is 12.3. The van der Waals surface area contributed by atoms with Crippen LogP contribution in [0.1, 0.15) is 52.4 Å².